The van der Waals surface area contributed by atoms with Crippen LogP contribution in [0.1, 0.15) is 39.2 Å². The second-order valence-corrected chi connectivity index (χ2v) is 8.07. The van der Waals surface area contributed by atoms with Gasteiger partial charge in [0, 0.05) is 6.04 Å². The Morgan fingerprint density at radius 3 is 2.69 bits per heavy atom. The lowest BCUT2D eigenvalue weighted by molar-refractivity contribution is -0.146. The van der Waals surface area contributed by atoms with Crippen molar-refractivity contribution < 1.29 is 18.7 Å². The summed E-state index contributed by atoms with van der Waals surface area (Å²) in [5.41, 5.74) is 0.394. The zero-order chi connectivity index (χ0) is 21.0. The molecule has 1 fully saturated rings. The monoisotopic (exact) mass is 420 g/mol. The molecule has 1 aromatic heterocycles. The van der Waals surface area contributed by atoms with Gasteiger partial charge in [0.1, 0.15) is 11.9 Å². The normalized spacial score (nSPS) is 15.6. The summed E-state index contributed by atoms with van der Waals surface area (Å²) >= 11 is 1.23. The van der Waals surface area contributed by atoms with Gasteiger partial charge >= 0.3 is 5.97 Å². The predicted octanol–water partition coefficient (Wildman–Crippen LogP) is 3.22. The van der Waals surface area contributed by atoms with Crippen molar-refractivity contribution in [2.45, 2.75) is 50.4 Å². The van der Waals surface area contributed by atoms with Gasteiger partial charge in [-0.05, 0) is 30.9 Å². The Hall–Kier alpha value is -2.42. The number of benzene rings is 1. The fourth-order valence-corrected chi connectivity index (χ4v) is 3.82. The summed E-state index contributed by atoms with van der Waals surface area (Å²) in [5.74, 6) is -0.596. The first-order valence-corrected chi connectivity index (χ1v) is 10.6. The lowest BCUT2D eigenvalue weighted by Gasteiger charge is -2.21. The third kappa shape index (κ3) is 4.95. The molecule has 0 aliphatic heterocycles. The highest BCUT2D eigenvalue weighted by molar-refractivity contribution is 7.99. The molecule has 1 N–H and O–H groups in total. The van der Waals surface area contributed by atoms with Crippen LogP contribution < -0.4 is 5.32 Å². The summed E-state index contributed by atoms with van der Waals surface area (Å²) in [6.45, 7) is 3.84. The minimum atomic E-state index is -0.687. The summed E-state index contributed by atoms with van der Waals surface area (Å²) in [6, 6.07) is 5.98. The SMILES string of the molecule is CC[C@@H](C)[C@@H](NC(=O)CSc1nnc(-c2ccccc2F)n1C1CC1)C(=O)OC. The number of aromatic nitrogens is 3. The van der Waals surface area contributed by atoms with E-state index in [-0.39, 0.29) is 29.4 Å². The number of esters is 1. The number of thioether (sulfide) groups is 1. The molecular formula is C20H25FN4O3S. The zero-order valence-corrected chi connectivity index (χ0v) is 17.5. The van der Waals surface area contributed by atoms with Crippen LogP contribution in [-0.4, -0.2) is 45.5 Å². The van der Waals surface area contributed by atoms with E-state index in [4.69, 9.17) is 4.74 Å². The highest BCUT2D eigenvalue weighted by atomic mass is 32.2. The van der Waals surface area contributed by atoms with Gasteiger partial charge in [0.2, 0.25) is 5.91 Å². The first kappa shape index (κ1) is 21.3. The van der Waals surface area contributed by atoms with Gasteiger partial charge in [-0.3, -0.25) is 9.36 Å². The van der Waals surface area contributed by atoms with Gasteiger partial charge < -0.3 is 10.1 Å². The molecule has 0 unspecified atom stereocenters. The van der Waals surface area contributed by atoms with E-state index in [0.29, 0.717) is 16.5 Å². The maximum absolute atomic E-state index is 14.2. The van der Waals surface area contributed by atoms with Gasteiger partial charge in [-0.15, -0.1) is 10.2 Å². The summed E-state index contributed by atoms with van der Waals surface area (Å²) in [4.78, 5) is 24.4. The van der Waals surface area contributed by atoms with E-state index in [1.54, 1.807) is 18.2 Å². The molecule has 9 heteroatoms. The zero-order valence-electron chi connectivity index (χ0n) is 16.7. The Labute approximate surface area is 173 Å². The molecule has 2 atom stereocenters. The average molecular weight is 421 g/mol. The van der Waals surface area contributed by atoms with E-state index in [1.807, 2.05) is 18.4 Å². The van der Waals surface area contributed by atoms with E-state index in [9.17, 15) is 14.0 Å². The number of ether oxygens (including phenoxy) is 1. The third-order valence-corrected chi connectivity index (χ3v) is 5.95. The Morgan fingerprint density at radius 2 is 2.07 bits per heavy atom. The number of rotatable bonds is 9. The molecule has 3 rings (SSSR count). The Balaban J connectivity index is 1.72. The standard InChI is InChI=1S/C20H25FN4O3S/c1-4-12(2)17(19(27)28-3)22-16(26)11-29-20-24-23-18(25(20)13-9-10-13)14-7-5-6-8-15(14)21/h5-8,12-13,17H,4,9-11H2,1-3H3,(H,22,26)/t12-,17-/m1/s1. The molecule has 1 aliphatic carbocycles. The average Bonchev–Trinajstić information content (AvgIpc) is 3.49. The molecule has 1 aliphatic rings. The van der Waals surface area contributed by atoms with E-state index in [1.165, 1.54) is 24.9 Å². The minimum absolute atomic E-state index is 0.0424. The fraction of sp³-hybridized carbons (Fsp3) is 0.500. The number of halogens is 1. The fourth-order valence-electron chi connectivity index (χ4n) is 3.00. The van der Waals surface area contributed by atoms with Gasteiger partial charge in [0.15, 0.2) is 11.0 Å². The van der Waals surface area contributed by atoms with Crippen LogP contribution in [0.15, 0.2) is 29.4 Å². The molecular weight excluding hydrogens is 395 g/mol. The van der Waals surface area contributed by atoms with Gasteiger partial charge in [-0.2, -0.15) is 0 Å². The molecule has 29 heavy (non-hydrogen) atoms. The van der Waals surface area contributed by atoms with E-state index >= 15 is 0 Å². The highest BCUT2D eigenvalue weighted by Gasteiger charge is 2.32. The number of amides is 1. The van der Waals surface area contributed by atoms with Crippen LogP contribution >= 0.6 is 11.8 Å². The van der Waals surface area contributed by atoms with E-state index in [0.717, 1.165) is 19.3 Å². The van der Waals surface area contributed by atoms with Gasteiger partial charge in [0.05, 0.1) is 18.4 Å². The van der Waals surface area contributed by atoms with Gasteiger partial charge in [0.25, 0.3) is 0 Å². The molecule has 156 valence electrons. The van der Waals surface area contributed by atoms with Crippen molar-refractivity contribution in [2.75, 3.05) is 12.9 Å². The van der Waals surface area contributed by atoms with E-state index < -0.39 is 12.0 Å². The van der Waals surface area contributed by atoms with Crippen LogP contribution in [0.25, 0.3) is 11.4 Å². The van der Waals surface area contributed by atoms with Crippen molar-refractivity contribution in [1.29, 1.82) is 0 Å². The number of hydrogen-bond donors (Lipinski definition) is 1. The molecule has 0 spiro atoms. The Morgan fingerprint density at radius 1 is 1.34 bits per heavy atom. The quantitative estimate of drug-likeness (QED) is 0.495. The lowest BCUT2D eigenvalue weighted by Crippen LogP contribution is -2.46. The summed E-state index contributed by atoms with van der Waals surface area (Å²) in [7, 11) is 1.31. The highest BCUT2D eigenvalue weighted by Crippen LogP contribution is 2.41. The molecule has 7 nitrogen and oxygen atoms in total. The second kappa shape index (κ2) is 9.39. The molecule has 0 bridgehead atoms. The van der Waals surface area contributed by atoms with Crippen LogP contribution in [0.4, 0.5) is 4.39 Å². The molecule has 1 saturated carbocycles. The van der Waals surface area contributed by atoms with Crippen molar-refractivity contribution in [2.24, 2.45) is 5.92 Å². The summed E-state index contributed by atoms with van der Waals surface area (Å²) in [5, 5.41) is 11.7. The topological polar surface area (TPSA) is 86.1 Å². The van der Waals surface area contributed by atoms with Crippen LogP contribution in [-0.2, 0) is 14.3 Å². The smallest absolute Gasteiger partial charge is 0.328 e. The van der Waals surface area contributed by atoms with Crippen LogP contribution in [0, 0.1) is 11.7 Å². The summed E-state index contributed by atoms with van der Waals surface area (Å²) in [6.07, 6.45) is 2.67. The third-order valence-electron chi connectivity index (χ3n) is 5.01. The maximum atomic E-state index is 14.2. The predicted molar refractivity (Wildman–Crippen MR) is 108 cm³/mol. The minimum Gasteiger partial charge on any atom is -0.467 e. The van der Waals surface area contributed by atoms with Crippen molar-refractivity contribution in [3.8, 4) is 11.4 Å². The number of carbonyl (C=O) groups is 2. The van der Waals surface area contributed by atoms with Crippen molar-refractivity contribution >= 4 is 23.6 Å². The largest absolute Gasteiger partial charge is 0.467 e. The molecule has 0 saturated heterocycles. The molecule has 0 radical (unpaired) electrons. The number of hydrogen-bond acceptors (Lipinski definition) is 6. The maximum Gasteiger partial charge on any atom is 0.328 e. The number of methoxy groups -OCH3 is 1. The number of carbonyl (C=O) groups excluding carboxylic acids is 2. The van der Waals surface area contributed by atoms with Crippen molar-refractivity contribution in [3.05, 3.63) is 30.1 Å². The van der Waals surface area contributed by atoms with E-state index in [2.05, 4.69) is 15.5 Å². The molecule has 1 aromatic carbocycles. The Kier molecular flexibility index (Phi) is 6.89. The van der Waals surface area contributed by atoms with Crippen molar-refractivity contribution in [3.63, 3.8) is 0 Å². The van der Waals surface area contributed by atoms with Gasteiger partial charge in [-0.1, -0.05) is 44.2 Å². The summed E-state index contributed by atoms with van der Waals surface area (Å²) < 4.78 is 20.9. The molecule has 1 amide bonds. The second-order valence-electron chi connectivity index (χ2n) is 7.13. The number of nitrogens with one attached hydrogen (secondary N) is 1. The molecule has 2 aromatic rings. The van der Waals surface area contributed by atoms with Gasteiger partial charge in [-0.25, -0.2) is 9.18 Å². The van der Waals surface area contributed by atoms with Crippen LogP contribution in [0.2, 0.25) is 0 Å². The number of nitrogens with zero attached hydrogens (tertiary/aromatic N) is 3. The Bertz CT molecular complexity index is 884. The van der Waals surface area contributed by atoms with Crippen LogP contribution in [0.5, 0.6) is 0 Å². The first-order chi connectivity index (χ1) is 14.0. The van der Waals surface area contributed by atoms with Crippen molar-refractivity contribution in [1.82, 2.24) is 20.1 Å². The first-order valence-electron chi connectivity index (χ1n) is 9.66. The lowest BCUT2D eigenvalue weighted by atomic mass is 9.99. The molecule has 1 heterocycles. The van der Waals surface area contributed by atoms with Crippen LogP contribution in [0.3, 0.4) is 0 Å².